The summed E-state index contributed by atoms with van der Waals surface area (Å²) in [6.07, 6.45) is 1.70. The topological polar surface area (TPSA) is 97.1 Å². The molecule has 0 aliphatic carbocycles. The first-order chi connectivity index (χ1) is 12.1. The fraction of sp³-hybridized carbons (Fsp3) is 0.105. The molecular weight excluding hydrogens is 316 g/mol. The minimum atomic E-state index is -0.721. The molecule has 1 aromatic heterocycles. The van der Waals surface area contributed by atoms with Gasteiger partial charge in [0.2, 0.25) is 11.8 Å². The van der Waals surface area contributed by atoms with Crippen LogP contribution in [0.15, 0.2) is 66.9 Å². The predicted molar refractivity (Wildman–Crippen MR) is 96.8 cm³/mol. The van der Waals surface area contributed by atoms with Gasteiger partial charge >= 0.3 is 0 Å². The Bertz CT molecular complexity index is 891. The van der Waals surface area contributed by atoms with E-state index in [-0.39, 0.29) is 12.5 Å². The van der Waals surface area contributed by atoms with E-state index in [2.05, 4.69) is 15.6 Å². The zero-order chi connectivity index (χ0) is 17.6. The van der Waals surface area contributed by atoms with Crippen molar-refractivity contribution < 1.29 is 9.59 Å². The van der Waals surface area contributed by atoms with E-state index in [0.717, 1.165) is 16.5 Å². The van der Waals surface area contributed by atoms with Gasteiger partial charge in [-0.1, -0.05) is 36.4 Å². The van der Waals surface area contributed by atoms with Crippen molar-refractivity contribution in [3.63, 3.8) is 0 Å². The van der Waals surface area contributed by atoms with E-state index in [0.29, 0.717) is 5.69 Å². The van der Waals surface area contributed by atoms with Crippen molar-refractivity contribution >= 4 is 28.4 Å². The van der Waals surface area contributed by atoms with Crippen LogP contribution in [-0.2, 0) is 9.59 Å². The van der Waals surface area contributed by atoms with Gasteiger partial charge in [-0.15, -0.1) is 0 Å². The Morgan fingerprint density at radius 3 is 2.56 bits per heavy atom. The number of primary amides is 1. The second kappa shape index (κ2) is 7.55. The number of rotatable bonds is 6. The van der Waals surface area contributed by atoms with E-state index >= 15 is 0 Å². The van der Waals surface area contributed by atoms with Crippen LogP contribution in [-0.4, -0.2) is 23.3 Å². The van der Waals surface area contributed by atoms with Gasteiger partial charge in [0.15, 0.2) is 0 Å². The van der Waals surface area contributed by atoms with Crippen molar-refractivity contribution in [3.05, 3.63) is 72.4 Å². The molecule has 1 atom stereocenters. The highest BCUT2D eigenvalue weighted by molar-refractivity contribution is 6.01. The van der Waals surface area contributed by atoms with Gasteiger partial charge in [-0.25, -0.2) is 0 Å². The maximum atomic E-state index is 12.3. The fourth-order valence-electron chi connectivity index (χ4n) is 2.63. The van der Waals surface area contributed by atoms with Gasteiger partial charge < -0.3 is 11.1 Å². The van der Waals surface area contributed by atoms with Crippen molar-refractivity contribution in [1.29, 1.82) is 0 Å². The van der Waals surface area contributed by atoms with Crippen LogP contribution in [0.2, 0.25) is 0 Å². The maximum absolute atomic E-state index is 12.3. The Balaban J connectivity index is 1.68. The molecule has 0 aliphatic rings. The molecular formula is C19H18N4O2. The second-order valence-electron chi connectivity index (χ2n) is 5.55. The molecule has 4 N–H and O–H groups in total. The number of pyridine rings is 1. The van der Waals surface area contributed by atoms with Crippen LogP contribution in [0.5, 0.6) is 0 Å². The van der Waals surface area contributed by atoms with Gasteiger partial charge in [0.05, 0.1) is 17.7 Å². The van der Waals surface area contributed by atoms with Crippen LogP contribution < -0.4 is 16.4 Å². The second-order valence-corrected chi connectivity index (χ2v) is 5.55. The highest BCUT2D eigenvalue weighted by Crippen LogP contribution is 2.21. The van der Waals surface area contributed by atoms with Crippen molar-refractivity contribution in [2.45, 2.75) is 6.04 Å². The number of nitrogens with two attached hydrogens (primary N) is 1. The number of fused-ring (bicyclic) bond motifs is 1. The lowest BCUT2D eigenvalue weighted by atomic mass is 10.1. The lowest BCUT2D eigenvalue weighted by molar-refractivity contribution is -0.120. The van der Waals surface area contributed by atoms with E-state index in [1.165, 1.54) is 0 Å². The number of hydrogen-bond donors (Lipinski definition) is 3. The Morgan fingerprint density at radius 1 is 1.00 bits per heavy atom. The lowest BCUT2D eigenvalue weighted by Crippen LogP contribution is -2.38. The number of benzene rings is 2. The summed E-state index contributed by atoms with van der Waals surface area (Å²) in [6, 6.07) is 17.6. The zero-order valence-electron chi connectivity index (χ0n) is 13.5. The summed E-state index contributed by atoms with van der Waals surface area (Å²) in [5.41, 5.74) is 7.63. The van der Waals surface area contributed by atoms with Gasteiger partial charge in [-0.05, 0) is 29.8 Å². The minimum Gasteiger partial charge on any atom is -0.368 e. The summed E-state index contributed by atoms with van der Waals surface area (Å²) >= 11 is 0. The first kappa shape index (κ1) is 16.6. The molecule has 3 aromatic rings. The summed E-state index contributed by atoms with van der Waals surface area (Å²) in [4.78, 5) is 28.2. The average molecular weight is 334 g/mol. The Hall–Kier alpha value is -3.25. The molecule has 0 unspecified atom stereocenters. The molecule has 3 rings (SSSR count). The van der Waals surface area contributed by atoms with Gasteiger partial charge in [-0.2, -0.15) is 0 Å². The van der Waals surface area contributed by atoms with E-state index in [1.807, 2.05) is 48.5 Å². The summed E-state index contributed by atoms with van der Waals surface area (Å²) in [5, 5.41) is 6.59. The number of carbonyl (C=O) groups is 2. The highest BCUT2D eigenvalue weighted by Gasteiger charge is 2.18. The third-order valence-corrected chi connectivity index (χ3v) is 3.80. The highest BCUT2D eigenvalue weighted by atomic mass is 16.2. The lowest BCUT2D eigenvalue weighted by Gasteiger charge is -2.16. The first-order valence-electron chi connectivity index (χ1n) is 7.86. The third-order valence-electron chi connectivity index (χ3n) is 3.80. The number of nitrogens with one attached hydrogen (secondary N) is 2. The summed E-state index contributed by atoms with van der Waals surface area (Å²) in [5.74, 6) is -0.799. The maximum Gasteiger partial charge on any atom is 0.239 e. The van der Waals surface area contributed by atoms with Crippen molar-refractivity contribution in [1.82, 2.24) is 10.3 Å². The minimum absolute atomic E-state index is 0.0425. The molecule has 0 saturated heterocycles. The number of amides is 2. The van der Waals surface area contributed by atoms with Crippen LogP contribution >= 0.6 is 0 Å². The zero-order valence-corrected chi connectivity index (χ0v) is 13.5. The smallest absolute Gasteiger partial charge is 0.239 e. The Kier molecular flexibility index (Phi) is 5.01. The molecule has 25 heavy (non-hydrogen) atoms. The molecule has 0 fully saturated rings. The van der Waals surface area contributed by atoms with Crippen LogP contribution in [0.1, 0.15) is 11.6 Å². The first-order valence-corrected chi connectivity index (χ1v) is 7.86. The monoisotopic (exact) mass is 334 g/mol. The van der Waals surface area contributed by atoms with E-state index < -0.39 is 11.9 Å². The van der Waals surface area contributed by atoms with Crippen molar-refractivity contribution in [2.75, 3.05) is 11.9 Å². The van der Waals surface area contributed by atoms with Gasteiger partial charge in [0, 0.05) is 11.6 Å². The number of hydrogen-bond acceptors (Lipinski definition) is 4. The summed E-state index contributed by atoms with van der Waals surface area (Å²) in [6.45, 7) is -0.0425. The molecule has 6 nitrogen and oxygen atoms in total. The van der Waals surface area contributed by atoms with Crippen LogP contribution in [0.4, 0.5) is 5.69 Å². The quantitative estimate of drug-likeness (QED) is 0.642. The summed E-state index contributed by atoms with van der Waals surface area (Å²) < 4.78 is 0. The van der Waals surface area contributed by atoms with E-state index in [1.54, 1.807) is 18.3 Å². The molecule has 126 valence electrons. The van der Waals surface area contributed by atoms with Crippen LogP contribution in [0, 0.1) is 0 Å². The standard InChI is InChI=1S/C19H18N4O2/c20-19(25)18(13-6-2-1-3-7-13)22-12-17(24)23-16-10-4-9-15-14(16)8-5-11-21-15/h1-11,18,22H,12H2,(H2,20,25)(H,23,24)/t18-/m0/s1. The van der Waals surface area contributed by atoms with Crippen molar-refractivity contribution in [3.8, 4) is 0 Å². The fourth-order valence-corrected chi connectivity index (χ4v) is 2.63. The summed E-state index contributed by atoms with van der Waals surface area (Å²) in [7, 11) is 0. The van der Waals surface area contributed by atoms with Gasteiger partial charge in [-0.3, -0.25) is 19.9 Å². The number of carbonyl (C=O) groups excluding carboxylic acids is 2. The molecule has 0 aliphatic heterocycles. The SMILES string of the molecule is NC(=O)[C@@H](NCC(=O)Nc1cccc2ncccc12)c1ccccc1. The Labute approximate surface area is 145 Å². The predicted octanol–water partition coefficient (Wildman–Crippen LogP) is 1.99. The molecule has 1 heterocycles. The number of aromatic nitrogens is 1. The van der Waals surface area contributed by atoms with Gasteiger partial charge in [0.1, 0.15) is 6.04 Å². The molecule has 2 amide bonds. The van der Waals surface area contributed by atoms with Crippen LogP contribution in [0.3, 0.4) is 0 Å². The molecule has 0 spiro atoms. The molecule has 0 radical (unpaired) electrons. The molecule has 6 heteroatoms. The third kappa shape index (κ3) is 3.99. The van der Waals surface area contributed by atoms with Crippen LogP contribution in [0.25, 0.3) is 10.9 Å². The molecule has 2 aromatic carbocycles. The normalized spacial score (nSPS) is 11.8. The number of nitrogens with zero attached hydrogens (tertiary/aromatic N) is 1. The Morgan fingerprint density at radius 2 is 1.80 bits per heavy atom. The van der Waals surface area contributed by atoms with E-state index in [4.69, 9.17) is 5.73 Å². The molecule has 0 saturated carbocycles. The number of anilines is 1. The molecule has 0 bridgehead atoms. The van der Waals surface area contributed by atoms with Crippen molar-refractivity contribution in [2.24, 2.45) is 5.73 Å². The average Bonchev–Trinajstić information content (AvgIpc) is 2.63. The largest absolute Gasteiger partial charge is 0.368 e. The van der Waals surface area contributed by atoms with E-state index in [9.17, 15) is 9.59 Å². The van der Waals surface area contributed by atoms with Gasteiger partial charge in [0.25, 0.3) is 0 Å².